The number of hydrogen-bond donors (Lipinski definition) is 0. The van der Waals surface area contributed by atoms with Gasteiger partial charge in [0.05, 0.1) is 27.8 Å². The van der Waals surface area contributed by atoms with E-state index in [4.69, 9.17) is 4.98 Å². The second-order valence-corrected chi connectivity index (χ2v) is 8.28. The predicted molar refractivity (Wildman–Crippen MR) is 100 cm³/mol. The monoisotopic (exact) mass is 356 g/mol. The van der Waals surface area contributed by atoms with Crippen LogP contribution in [0.3, 0.4) is 0 Å². The molecule has 0 unspecified atom stereocenters. The quantitative estimate of drug-likeness (QED) is 0.844. The molecule has 1 aromatic carbocycles. The van der Waals surface area contributed by atoms with Crippen molar-refractivity contribution in [1.29, 1.82) is 5.26 Å². The lowest BCUT2D eigenvalue weighted by Gasteiger charge is -2.35. The minimum atomic E-state index is -0.778. The second kappa shape index (κ2) is 7.11. The third kappa shape index (κ3) is 3.83. The maximum atomic E-state index is 12.5. The van der Waals surface area contributed by atoms with Crippen molar-refractivity contribution in [1.82, 2.24) is 14.8 Å². The van der Waals surface area contributed by atoms with Gasteiger partial charge < -0.3 is 4.90 Å². The number of aromatic nitrogens is 1. The Hall–Kier alpha value is -1.97. The van der Waals surface area contributed by atoms with Crippen LogP contribution < -0.4 is 0 Å². The summed E-state index contributed by atoms with van der Waals surface area (Å²) >= 11 is 1.76. The number of para-hydroxylation sites is 1. The number of benzene rings is 1. The summed E-state index contributed by atoms with van der Waals surface area (Å²) in [5, 5.41) is 10.4. The third-order valence-corrected chi connectivity index (χ3v) is 6.21. The van der Waals surface area contributed by atoms with Crippen molar-refractivity contribution >= 4 is 27.5 Å². The lowest BCUT2D eigenvalue weighted by molar-refractivity contribution is -0.134. The highest BCUT2D eigenvalue weighted by Gasteiger charge is 2.30. The van der Waals surface area contributed by atoms with Crippen LogP contribution in [0.1, 0.15) is 37.6 Å². The zero-order valence-electron chi connectivity index (χ0n) is 15.0. The molecular weight excluding hydrogens is 332 g/mol. The average Bonchev–Trinajstić information content (AvgIpc) is 3.05. The van der Waals surface area contributed by atoms with Crippen LogP contribution in [0.25, 0.3) is 10.2 Å². The van der Waals surface area contributed by atoms with E-state index in [2.05, 4.69) is 23.1 Å². The van der Waals surface area contributed by atoms with E-state index in [0.29, 0.717) is 12.5 Å². The summed E-state index contributed by atoms with van der Waals surface area (Å²) in [6.07, 6.45) is 2.18. The molecule has 132 valence electrons. The molecule has 1 aliphatic rings. The van der Waals surface area contributed by atoms with Gasteiger partial charge >= 0.3 is 0 Å². The molecule has 0 aliphatic carbocycles. The summed E-state index contributed by atoms with van der Waals surface area (Å²) in [7, 11) is 1.71. The second-order valence-electron chi connectivity index (χ2n) is 7.22. The van der Waals surface area contributed by atoms with Gasteiger partial charge in [0.2, 0.25) is 5.91 Å². The molecular formula is C19H24N4OS. The van der Waals surface area contributed by atoms with E-state index >= 15 is 0 Å². The largest absolute Gasteiger partial charge is 0.326 e. The lowest BCUT2D eigenvalue weighted by Crippen LogP contribution is -2.49. The van der Waals surface area contributed by atoms with Gasteiger partial charge in [0.15, 0.2) is 0 Å². The number of nitrogens with zero attached hydrogens (tertiary/aromatic N) is 4. The zero-order chi connectivity index (χ0) is 18.0. The van der Waals surface area contributed by atoms with Gasteiger partial charge in [-0.2, -0.15) is 5.26 Å². The van der Waals surface area contributed by atoms with E-state index in [9.17, 15) is 10.1 Å². The number of fused-ring (bicyclic) bond motifs is 1. The molecule has 1 aromatic heterocycles. The first-order chi connectivity index (χ1) is 11.9. The highest BCUT2D eigenvalue weighted by atomic mass is 32.1. The van der Waals surface area contributed by atoms with Crippen LogP contribution in [0, 0.1) is 11.3 Å². The van der Waals surface area contributed by atoms with Crippen LogP contribution >= 0.6 is 11.3 Å². The normalized spacial score (nSPS) is 18.9. The maximum Gasteiger partial charge on any atom is 0.237 e. The summed E-state index contributed by atoms with van der Waals surface area (Å²) in [6.45, 7) is 5.68. The smallest absolute Gasteiger partial charge is 0.237 e. The lowest BCUT2D eigenvalue weighted by atomic mass is 9.98. The highest BCUT2D eigenvalue weighted by Crippen LogP contribution is 2.32. The first kappa shape index (κ1) is 17.8. The summed E-state index contributed by atoms with van der Waals surface area (Å²) in [5.41, 5.74) is 0.283. The molecule has 1 aliphatic heterocycles. The fraction of sp³-hybridized carbons (Fsp3) is 0.526. The molecule has 0 saturated carbocycles. The molecule has 0 spiro atoms. The molecule has 5 nitrogen and oxygen atoms in total. The fourth-order valence-corrected chi connectivity index (χ4v) is 4.24. The Morgan fingerprint density at radius 1 is 1.48 bits per heavy atom. The molecule has 1 atom stereocenters. The number of piperidine rings is 1. The van der Waals surface area contributed by atoms with Gasteiger partial charge in [-0.3, -0.25) is 9.69 Å². The van der Waals surface area contributed by atoms with E-state index in [1.165, 1.54) is 9.71 Å². The van der Waals surface area contributed by atoms with Crippen molar-refractivity contribution < 1.29 is 4.79 Å². The van der Waals surface area contributed by atoms with Crippen molar-refractivity contribution in [2.45, 2.75) is 38.1 Å². The fourth-order valence-electron chi connectivity index (χ4n) is 3.15. The molecule has 0 N–H and O–H groups in total. The molecule has 2 heterocycles. The molecule has 1 saturated heterocycles. The Balaban J connectivity index is 1.67. The SMILES string of the molecule is CN(C(=O)CN1CCC[C@@H](c2nc3ccccc3s2)C1)C(C)(C)C#N. The van der Waals surface area contributed by atoms with Gasteiger partial charge in [0, 0.05) is 19.5 Å². The van der Waals surface area contributed by atoms with E-state index in [1.807, 2.05) is 12.1 Å². The number of thiazole rings is 1. The Morgan fingerprint density at radius 2 is 2.24 bits per heavy atom. The van der Waals surface area contributed by atoms with Crippen LogP contribution in [0.5, 0.6) is 0 Å². The average molecular weight is 356 g/mol. The number of carbonyl (C=O) groups is 1. The first-order valence-corrected chi connectivity index (χ1v) is 9.48. The van der Waals surface area contributed by atoms with Gasteiger partial charge in [0.25, 0.3) is 0 Å². The van der Waals surface area contributed by atoms with Crippen LogP contribution in [0.4, 0.5) is 0 Å². The Morgan fingerprint density at radius 3 is 2.96 bits per heavy atom. The van der Waals surface area contributed by atoms with E-state index < -0.39 is 5.54 Å². The van der Waals surface area contributed by atoms with Crippen molar-refractivity contribution in [3.63, 3.8) is 0 Å². The van der Waals surface area contributed by atoms with E-state index in [-0.39, 0.29) is 5.91 Å². The van der Waals surface area contributed by atoms with Crippen molar-refractivity contribution in [3.05, 3.63) is 29.3 Å². The minimum absolute atomic E-state index is 0.00324. The van der Waals surface area contributed by atoms with E-state index in [1.54, 1.807) is 37.1 Å². The number of likely N-dealkylation sites (tertiary alicyclic amines) is 1. The molecule has 3 rings (SSSR count). The summed E-state index contributed by atoms with van der Waals surface area (Å²) in [5.74, 6) is 0.379. The first-order valence-electron chi connectivity index (χ1n) is 8.66. The molecule has 2 aromatic rings. The molecule has 25 heavy (non-hydrogen) atoms. The highest BCUT2D eigenvalue weighted by molar-refractivity contribution is 7.18. The van der Waals surface area contributed by atoms with Gasteiger partial charge in [-0.1, -0.05) is 12.1 Å². The number of rotatable bonds is 4. The summed E-state index contributed by atoms with van der Waals surface area (Å²) in [4.78, 5) is 21.1. The van der Waals surface area contributed by atoms with Gasteiger partial charge in [-0.05, 0) is 45.4 Å². The van der Waals surface area contributed by atoms with Gasteiger partial charge in [0.1, 0.15) is 5.54 Å². The molecule has 6 heteroatoms. The number of amides is 1. The topological polar surface area (TPSA) is 60.2 Å². The van der Waals surface area contributed by atoms with E-state index in [0.717, 1.165) is 31.4 Å². The maximum absolute atomic E-state index is 12.5. The minimum Gasteiger partial charge on any atom is -0.326 e. The number of carbonyl (C=O) groups excluding carboxylic acids is 1. The summed E-state index contributed by atoms with van der Waals surface area (Å²) < 4.78 is 1.22. The molecule has 1 amide bonds. The predicted octanol–water partition coefficient (Wildman–Crippen LogP) is 3.24. The molecule has 1 fully saturated rings. The van der Waals surface area contributed by atoms with Crippen LogP contribution in [0.15, 0.2) is 24.3 Å². The third-order valence-electron chi connectivity index (χ3n) is 5.01. The standard InChI is InChI=1S/C19H24N4OS/c1-19(2,13-20)22(3)17(24)12-23-10-6-7-14(11-23)18-21-15-8-4-5-9-16(15)25-18/h4-5,8-9,14H,6-7,10-12H2,1-3H3/t14-/m1/s1. The Kier molecular flexibility index (Phi) is 5.07. The molecule has 0 bridgehead atoms. The van der Waals surface area contributed by atoms with Crippen molar-refractivity contribution in [3.8, 4) is 6.07 Å². The summed E-state index contributed by atoms with van der Waals surface area (Å²) in [6, 6.07) is 10.4. The number of nitriles is 1. The molecule has 0 radical (unpaired) electrons. The van der Waals surface area contributed by atoms with Crippen molar-refractivity contribution in [2.24, 2.45) is 0 Å². The van der Waals surface area contributed by atoms with Crippen molar-refractivity contribution in [2.75, 3.05) is 26.7 Å². The van der Waals surface area contributed by atoms with Crippen LogP contribution in [-0.2, 0) is 4.79 Å². The van der Waals surface area contributed by atoms with Gasteiger partial charge in [-0.15, -0.1) is 11.3 Å². The van der Waals surface area contributed by atoms with Crippen LogP contribution in [-0.4, -0.2) is 52.9 Å². The Labute approximate surface area is 152 Å². The number of hydrogen-bond acceptors (Lipinski definition) is 5. The number of likely N-dealkylation sites (N-methyl/N-ethyl adjacent to an activating group) is 1. The zero-order valence-corrected chi connectivity index (χ0v) is 15.8. The van der Waals surface area contributed by atoms with Crippen LogP contribution in [0.2, 0.25) is 0 Å². The van der Waals surface area contributed by atoms with Gasteiger partial charge in [-0.25, -0.2) is 4.98 Å². The Bertz CT molecular complexity index is 774.